The molecule has 0 spiro atoms. The zero-order valence-corrected chi connectivity index (χ0v) is 19.0. The van der Waals surface area contributed by atoms with E-state index in [1.807, 2.05) is 0 Å². The molecule has 2 aromatic heterocycles. The lowest BCUT2D eigenvalue weighted by atomic mass is 10.0. The number of halogens is 1. The van der Waals surface area contributed by atoms with Crippen molar-refractivity contribution in [1.29, 1.82) is 0 Å². The van der Waals surface area contributed by atoms with Crippen molar-refractivity contribution >= 4 is 28.2 Å². The predicted molar refractivity (Wildman–Crippen MR) is 125 cm³/mol. The van der Waals surface area contributed by atoms with Gasteiger partial charge in [-0.2, -0.15) is 0 Å². The van der Waals surface area contributed by atoms with Gasteiger partial charge in [0.2, 0.25) is 0 Å². The minimum Gasteiger partial charge on any atom is -0.495 e. The van der Waals surface area contributed by atoms with Gasteiger partial charge in [0.1, 0.15) is 5.75 Å². The molecule has 32 heavy (non-hydrogen) atoms. The van der Waals surface area contributed by atoms with E-state index in [4.69, 9.17) is 16.3 Å². The largest absolute Gasteiger partial charge is 0.495 e. The summed E-state index contributed by atoms with van der Waals surface area (Å²) in [6, 6.07) is 6.82. The van der Waals surface area contributed by atoms with Gasteiger partial charge in [0, 0.05) is 48.5 Å². The van der Waals surface area contributed by atoms with Crippen molar-refractivity contribution in [1.82, 2.24) is 19.4 Å². The fourth-order valence-electron chi connectivity index (χ4n) is 4.69. The predicted octanol–water partition coefficient (Wildman–Crippen LogP) is 2.91. The lowest BCUT2D eigenvalue weighted by Crippen LogP contribution is -2.44. The quantitative estimate of drug-likeness (QED) is 0.464. The maximum atomic E-state index is 13.5. The van der Waals surface area contributed by atoms with E-state index in [0.29, 0.717) is 50.6 Å². The fourth-order valence-corrected chi connectivity index (χ4v) is 4.86. The van der Waals surface area contributed by atoms with Gasteiger partial charge in [0.15, 0.2) is 5.78 Å². The molecule has 166 valence electrons. The molecule has 1 aliphatic heterocycles. The summed E-state index contributed by atoms with van der Waals surface area (Å²) in [7, 11) is 3.68. The normalized spacial score (nSPS) is 16.4. The highest BCUT2D eigenvalue weighted by Crippen LogP contribution is 2.39. The number of likely N-dealkylation sites (N-methyl/N-ethyl adjacent to an activating group) is 1. The third kappa shape index (κ3) is 3.50. The number of carbonyl (C=O) groups excluding carboxylic acids is 1. The van der Waals surface area contributed by atoms with Crippen LogP contribution in [0.5, 0.6) is 5.75 Å². The number of nitrogens with zero attached hydrogens (tertiary/aromatic N) is 4. The summed E-state index contributed by atoms with van der Waals surface area (Å²) in [5.41, 5.74) is 1.99. The Hall–Kier alpha value is -2.74. The van der Waals surface area contributed by atoms with Crippen LogP contribution in [0.3, 0.4) is 0 Å². The van der Waals surface area contributed by atoms with Gasteiger partial charge in [0.05, 0.1) is 35.8 Å². The number of methoxy groups -OCH3 is 1. The second kappa shape index (κ2) is 8.31. The van der Waals surface area contributed by atoms with E-state index in [1.54, 1.807) is 42.1 Å². The van der Waals surface area contributed by atoms with Crippen molar-refractivity contribution in [2.24, 2.45) is 0 Å². The third-order valence-corrected chi connectivity index (χ3v) is 6.71. The van der Waals surface area contributed by atoms with Crippen LogP contribution in [-0.2, 0) is 6.54 Å². The van der Waals surface area contributed by atoms with Crippen LogP contribution in [0.4, 0.5) is 0 Å². The zero-order chi connectivity index (χ0) is 22.4. The van der Waals surface area contributed by atoms with Crippen LogP contribution in [0.2, 0.25) is 5.02 Å². The van der Waals surface area contributed by atoms with Gasteiger partial charge in [-0.15, -0.1) is 0 Å². The summed E-state index contributed by atoms with van der Waals surface area (Å²) >= 11 is 6.20. The van der Waals surface area contributed by atoms with E-state index in [2.05, 4.69) is 21.8 Å². The molecule has 8 heteroatoms. The molecule has 5 rings (SSSR count). The highest BCUT2D eigenvalue weighted by atomic mass is 35.5. The number of hydrogen-bond donors (Lipinski definition) is 0. The molecule has 0 bridgehead atoms. The first-order chi connectivity index (χ1) is 15.5. The molecular formula is C24H25ClN4O3. The average Bonchev–Trinajstić information content (AvgIpc) is 3.09. The summed E-state index contributed by atoms with van der Waals surface area (Å²) in [5, 5.41) is 1.55. The first-order valence-electron chi connectivity index (χ1n) is 10.8. The van der Waals surface area contributed by atoms with E-state index in [0.717, 1.165) is 39.1 Å². The Balaban J connectivity index is 1.58. The molecule has 0 saturated carbocycles. The molecule has 0 N–H and O–H groups in total. The maximum absolute atomic E-state index is 13.5. The van der Waals surface area contributed by atoms with Crippen LogP contribution in [0, 0.1) is 0 Å². The molecular weight excluding hydrogens is 428 g/mol. The minimum atomic E-state index is -0.141. The Morgan fingerprint density at radius 3 is 2.59 bits per heavy atom. The Labute approximate surface area is 191 Å². The van der Waals surface area contributed by atoms with Crippen LogP contribution >= 0.6 is 11.6 Å². The Bertz CT molecular complexity index is 1280. The summed E-state index contributed by atoms with van der Waals surface area (Å²) in [6.45, 7) is 5.57. The first-order valence-corrected chi connectivity index (χ1v) is 11.2. The monoisotopic (exact) mass is 452 g/mol. The molecule has 1 saturated heterocycles. The van der Waals surface area contributed by atoms with Gasteiger partial charge in [0.25, 0.3) is 5.56 Å². The van der Waals surface area contributed by atoms with Gasteiger partial charge in [-0.05, 0) is 38.2 Å². The molecule has 0 atom stereocenters. The van der Waals surface area contributed by atoms with Crippen molar-refractivity contribution in [3.63, 3.8) is 0 Å². The van der Waals surface area contributed by atoms with E-state index in [9.17, 15) is 9.59 Å². The van der Waals surface area contributed by atoms with Crippen LogP contribution < -0.4 is 10.3 Å². The van der Waals surface area contributed by atoms with Crippen molar-refractivity contribution in [2.75, 3.05) is 46.9 Å². The lowest BCUT2D eigenvalue weighted by molar-refractivity contribution is 0.104. The number of aromatic nitrogens is 2. The molecule has 1 aromatic carbocycles. The van der Waals surface area contributed by atoms with Gasteiger partial charge >= 0.3 is 0 Å². The van der Waals surface area contributed by atoms with Crippen LogP contribution in [-0.4, -0.2) is 72.0 Å². The highest BCUT2D eigenvalue weighted by Gasteiger charge is 2.34. The summed E-state index contributed by atoms with van der Waals surface area (Å²) in [6.07, 6.45) is 2.40. The molecule has 1 fully saturated rings. The molecule has 0 unspecified atom stereocenters. The number of benzene rings is 1. The molecule has 3 aromatic rings. The zero-order valence-electron chi connectivity index (χ0n) is 18.2. The Kier molecular flexibility index (Phi) is 5.49. The number of ether oxygens (including phenoxy) is 1. The SMILES string of the molecule is COc1cnc2c(c1)C(=O)c1c-2n(CCCN2CCN(C)CC2)c(=O)c2cc(Cl)ccc12. The highest BCUT2D eigenvalue weighted by molar-refractivity contribution is 6.32. The minimum absolute atomic E-state index is 0.137. The third-order valence-electron chi connectivity index (χ3n) is 6.48. The molecule has 2 aliphatic rings. The van der Waals surface area contributed by atoms with E-state index in [1.165, 1.54) is 0 Å². The van der Waals surface area contributed by atoms with Crippen molar-refractivity contribution in [3.05, 3.63) is 57.0 Å². The summed E-state index contributed by atoms with van der Waals surface area (Å²) < 4.78 is 6.99. The second-order valence-corrected chi connectivity index (χ2v) is 8.91. The Morgan fingerprint density at radius 1 is 1.06 bits per heavy atom. The number of carbonyl (C=O) groups is 1. The number of rotatable bonds is 5. The topological polar surface area (TPSA) is 67.7 Å². The van der Waals surface area contributed by atoms with Crippen LogP contribution in [0.15, 0.2) is 35.3 Å². The van der Waals surface area contributed by atoms with E-state index in [-0.39, 0.29) is 11.3 Å². The van der Waals surface area contributed by atoms with Gasteiger partial charge in [-0.25, -0.2) is 0 Å². The number of fused-ring (bicyclic) bond motifs is 5. The molecule has 7 nitrogen and oxygen atoms in total. The smallest absolute Gasteiger partial charge is 0.259 e. The van der Waals surface area contributed by atoms with Crippen molar-refractivity contribution in [2.45, 2.75) is 13.0 Å². The summed E-state index contributed by atoms with van der Waals surface area (Å²) in [4.78, 5) is 36.2. The molecule has 0 radical (unpaired) electrons. The maximum Gasteiger partial charge on any atom is 0.259 e. The van der Waals surface area contributed by atoms with Gasteiger partial charge in [-0.1, -0.05) is 17.7 Å². The van der Waals surface area contributed by atoms with Crippen LogP contribution in [0.1, 0.15) is 22.3 Å². The molecule has 0 amide bonds. The number of ketones is 1. The Morgan fingerprint density at radius 2 is 1.84 bits per heavy atom. The van der Waals surface area contributed by atoms with Crippen molar-refractivity contribution in [3.8, 4) is 17.1 Å². The van der Waals surface area contributed by atoms with Crippen LogP contribution in [0.25, 0.3) is 22.2 Å². The van der Waals surface area contributed by atoms with Gasteiger partial charge < -0.3 is 19.1 Å². The second-order valence-electron chi connectivity index (χ2n) is 8.47. The number of piperazine rings is 1. The number of hydrogen-bond acceptors (Lipinski definition) is 6. The lowest BCUT2D eigenvalue weighted by Gasteiger charge is -2.32. The van der Waals surface area contributed by atoms with E-state index >= 15 is 0 Å². The van der Waals surface area contributed by atoms with E-state index < -0.39 is 0 Å². The number of pyridine rings is 2. The first kappa shape index (κ1) is 21.1. The molecule has 1 aliphatic carbocycles. The average molecular weight is 453 g/mol. The summed E-state index contributed by atoms with van der Waals surface area (Å²) in [5.74, 6) is 0.378. The van der Waals surface area contributed by atoms with Gasteiger partial charge in [-0.3, -0.25) is 14.6 Å². The standard InChI is InChI=1S/C24H25ClN4O3/c1-27-8-10-28(11-9-27)6-3-7-29-22-20(17-5-4-15(25)12-18(17)24(29)31)23(30)19-13-16(32-2)14-26-21(19)22/h4-5,12-14H,3,6-11H2,1-2H3. The van der Waals surface area contributed by atoms with Crippen molar-refractivity contribution < 1.29 is 9.53 Å². The fraction of sp³-hybridized carbons (Fsp3) is 0.375. The molecule has 3 heterocycles.